The predicted molar refractivity (Wildman–Crippen MR) is 381 cm³/mol. The third-order valence-electron chi connectivity index (χ3n) is 19.1. The van der Waals surface area contributed by atoms with Gasteiger partial charge in [0.1, 0.15) is 22.3 Å². The molecule has 89 heavy (non-hydrogen) atoms. The molecule has 20 aromatic rings. The Kier molecular flexibility index (Phi) is 10.1. The zero-order valence-electron chi connectivity index (χ0n) is 47.8. The maximum absolute atomic E-state index is 6.43. The van der Waals surface area contributed by atoms with E-state index < -0.39 is 0 Å². The number of hydrogen-bond donors (Lipinski definition) is 0. The molecule has 0 saturated carbocycles. The molecule has 17 aromatic carbocycles. The Morgan fingerprint density at radius 2 is 0.416 bits per heavy atom. The van der Waals surface area contributed by atoms with Crippen molar-refractivity contribution in [3.05, 3.63) is 291 Å². The molecule has 0 amide bonds. The van der Waals surface area contributed by atoms with Gasteiger partial charge in [-0.25, -0.2) is 0 Å². The summed E-state index contributed by atoms with van der Waals surface area (Å²) in [6.45, 7) is 0. The molecular weight excluding hydrogens is 1100 g/mol. The van der Waals surface area contributed by atoms with Gasteiger partial charge in [-0.15, -0.1) is 11.3 Å². The molecule has 0 radical (unpaired) electrons. The first-order chi connectivity index (χ1) is 44.1. The smallest absolute Gasteiger partial charge is 0.135 e. The van der Waals surface area contributed by atoms with Crippen molar-refractivity contribution in [2.75, 3.05) is 9.80 Å². The van der Waals surface area contributed by atoms with E-state index in [0.717, 1.165) is 78.0 Å². The van der Waals surface area contributed by atoms with Gasteiger partial charge in [0, 0.05) is 75.8 Å². The number of rotatable bonds is 6. The van der Waals surface area contributed by atoms with Gasteiger partial charge in [0.15, 0.2) is 0 Å². The fourth-order valence-corrected chi connectivity index (χ4v) is 16.3. The van der Waals surface area contributed by atoms with Crippen LogP contribution in [0.3, 0.4) is 0 Å². The number of para-hydroxylation sites is 2. The van der Waals surface area contributed by atoms with Gasteiger partial charge in [0.05, 0.1) is 0 Å². The van der Waals surface area contributed by atoms with Crippen molar-refractivity contribution >= 4 is 206 Å². The summed E-state index contributed by atoms with van der Waals surface area (Å²) in [5, 5.41) is 29.2. The van der Waals surface area contributed by atoms with Crippen molar-refractivity contribution in [2.45, 2.75) is 0 Å². The molecule has 0 aliphatic heterocycles. The SMILES string of the molecule is c1ccc2c(c1)oc1ccc(N(c3ccc4sc5cc6c7ccc(N(c8ccc9oc%10ccccc%10c9c8)c8ccc9c%10ccccc%10c%10ccccc%10c9c8)cc7c7ccccc7c6cc5c4c3)c3ccc4c5ccccc5c5ccccc5c4c3)cc12. The van der Waals surface area contributed by atoms with Gasteiger partial charge >= 0.3 is 0 Å². The molecule has 0 N–H and O–H groups in total. The molecule has 412 valence electrons. The molecule has 0 unspecified atom stereocenters. The van der Waals surface area contributed by atoms with E-state index in [-0.39, 0.29) is 0 Å². The maximum atomic E-state index is 6.43. The summed E-state index contributed by atoms with van der Waals surface area (Å²) < 4.78 is 15.4. The Morgan fingerprint density at radius 1 is 0.169 bits per heavy atom. The largest absolute Gasteiger partial charge is 0.456 e. The lowest BCUT2D eigenvalue weighted by atomic mass is 9.92. The Hall–Kier alpha value is -11.5. The second-order valence-electron chi connectivity index (χ2n) is 23.8. The van der Waals surface area contributed by atoms with Crippen molar-refractivity contribution in [3.8, 4) is 0 Å². The standard InChI is InChI=1S/C84H48N2O2S/c1-3-19-59-55(15-1)57-17-5-7-21-61(57)70-41-49(29-35-65(59)70)85(52-32-38-81-75(44-52)68-25-11-13-27-79(68)87-81)51-31-37-67-72(43-51)63-23-9-10-24-64(63)73-47-78-77-46-54(34-40-83(77)89-84(78)48-74(67)73)86(53-33-39-82-76(45-53)69-26-12-14-28-80(69)88-82)50-30-36-66-60-20-4-2-16-56(60)58-18-6-8-22-62(58)71(66)42-50/h1-48H. The fourth-order valence-electron chi connectivity index (χ4n) is 15.1. The number of fused-ring (bicyclic) bond motifs is 27. The average molecular weight is 1150 g/mol. The van der Waals surface area contributed by atoms with Crippen LogP contribution in [-0.2, 0) is 0 Å². The molecule has 0 aliphatic carbocycles. The van der Waals surface area contributed by atoms with Crippen LogP contribution in [0.4, 0.5) is 34.1 Å². The second kappa shape index (κ2) is 18.5. The molecule has 3 heterocycles. The first-order valence-electron chi connectivity index (χ1n) is 30.4. The van der Waals surface area contributed by atoms with Gasteiger partial charge in [0.2, 0.25) is 0 Å². The Bertz CT molecular complexity index is 6400. The molecule has 0 saturated heterocycles. The third kappa shape index (κ3) is 7.16. The molecule has 0 bridgehead atoms. The van der Waals surface area contributed by atoms with Gasteiger partial charge < -0.3 is 18.6 Å². The number of hydrogen-bond acceptors (Lipinski definition) is 5. The molecule has 0 atom stereocenters. The number of thiophene rings is 1. The van der Waals surface area contributed by atoms with Crippen LogP contribution in [-0.4, -0.2) is 0 Å². The lowest BCUT2D eigenvalue weighted by Gasteiger charge is -2.27. The first kappa shape index (κ1) is 48.7. The topological polar surface area (TPSA) is 32.8 Å². The van der Waals surface area contributed by atoms with Crippen molar-refractivity contribution in [1.29, 1.82) is 0 Å². The number of furan rings is 2. The lowest BCUT2D eigenvalue weighted by molar-refractivity contribution is 0.668. The van der Waals surface area contributed by atoms with E-state index in [1.54, 1.807) is 0 Å². The van der Waals surface area contributed by atoms with Gasteiger partial charge in [-0.1, -0.05) is 176 Å². The highest BCUT2D eigenvalue weighted by Gasteiger charge is 2.23. The van der Waals surface area contributed by atoms with E-state index in [2.05, 4.69) is 289 Å². The van der Waals surface area contributed by atoms with E-state index in [0.29, 0.717) is 0 Å². The summed E-state index contributed by atoms with van der Waals surface area (Å²) in [4.78, 5) is 4.88. The minimum absolute atomic E-state index is 0.872. The summed E-state index contributed by atoms with van der Waals surface area (Å²) in [7, 11) is 0. The Balaban J connectivity index is 0.783. The Morgan fingerprint density at radius 3 is 0.809 bits per heavy atom. The summed E-state index contributed by atoms with van der Waals surface area (Å²) in [5.74, 6) is 0. The van der Waals surface area contributed by atoms with E-state index in [1.807, 2.05) is 23.5 Å². The van der Waals surface area contributed by atoms with Crippen LogP contribution in [0.1, 0.15) is 0 Å². The minimum atomic E-state index is 0.872. The van der Waals surface area contributed by atoms with Crippen LogP contribution in [0.15, 0.2) is 300 Å². The van der Waals surface area contributed by atoms with Crippen molar-refractivity contribution < 1.29 is 8.83 Å². The van der Waals surface area contributed by atoms with Gasteiger partial charge in [-0.2, -0.15) is 0 Å². The normalized spacial score (nSPS) is 12.3. The molecule has 4 nitrogen and oxygen atoms in total. The molecule has 5 heteroatoms. The van der Waals surface area contributed by atoms with Crippen LogP contribution in [0.5, 0.6) is 0 Å². The zero-order chi connectivity index (χ0) is 58.0. The highest BCUT2D eigenvalue weighted by Crippen LogP contribution is 2.49. The summed E-state index contributed by atoms with van der Waals surface area (Å²) in [6.07, 6.45) is 0. The van der Waals surface area contributed by atoms with E-state index in [9.17, 15) is 0 Å². The van der Waals surface area contributed by atoms with Crippen molar-refractivity contribution in [1.82, 2.24) is 0 Å². The summed E-state index contributed by atoms with van der Waals surface area (Å²) in [6, 6.07) is 108. The van der Waals surface area contributed by atoms with Gasteiger partial charge in [-0.3, -0.25) is 0 Å². The number of anilines is 6. The first-order valence-corrected chi connectivity index (χ1v) is 31.3. The van der Waals surface area contributed by atoms with Gasteiger partial charge in [0.25, 0.3) is 0 Å². The molecule has 3 aromatic heterocycles. The quantitative estimate of drug-likeness (QED) is 0.155. The van der Waals surface area contributed by atoms with Crippen LogP contribution >= 0.6 is 11.3 Å². The van der Waals surface area contributed by atoms with E-state index in [4.69, 9.17) is 8.83 Å². The number of nitrogens with zero attached hydrogens (tertiary/aromatic N) is 2. The second-order valence-corrected chi connectivity index (χ2v) is 24.9. The predicted octanol–water partition coefficient (Wildman–Crippen LogP) is 25.2. The molecule has 0 aliphatic rings. The molecule has 0 spiro atoms. The monoisotopic (exact) mass is 1150 g/mol. The highest BCUT2D eigenvalue weighted by molar-refractivity contribution is 7.26. The maximum Gasteiger partial charge on any atom is 0.135 e. The van der Waals surface area contributed by atoms with Crippen LogP contribution in [0.25, 0.3) is 161 Å². The summed E-state index contributed by atoms with van der Waals surface area (Å²) >= 11 is 1.87. The molecule has 20 rings (SSSR count). The molecular formula is C84H48N2O2S. The lowest BCUT2D eigenvalue weighted by Crippen LogP contribution is -2.10. The highest BCUT2D eigenvalue weighted by atomic mass is 32.1. The van der Waals surface area contributed by atoms with Crippen molar-refractivity contribution in [3.63, 3.8) is 0 Å². The number of benzene rings is 17. The van der Waals surface area contributed by atoms with E-state index >= 15 is 0 Å². The molecule has 0 fully saturated rings. The van der Waals surface area contributed by atoms with Gasteiger partial charge in [-0.05, 0) is 212 Å². The third-order valence-corrected chi connectivity index (χ3v) is 20.3. The fraction of sp³-hybridized carbons (Fsp3) is 0. The minimum Gasteiger partial charge on any atom is -0.456 e. The van der Waals surface area contributed by atoms with Crippen LogP contribution in [0.2, 0.25) is 0 Å². The van der Waals surface area contributed by atoms with E-state index in [1.165, 1.54) is 117 Å². The van der Waals surface area contributed by atoms with Crippen LogP contribution in [0, 0.1) is 0 Å². The average Bonchev–Trinajstić information content (AvgIpc) is 1.65. The zero-order valence-corrected chi connectivity index (χ0v) is 48.6. The van der Waals surface area contributed by atoms with Crippen LogP contribution < -0.4 is 9.80 Å². The Labute approximate surface area is 513 Å². The van der Waals surface area contributed by atoms with Crippen molar-refractivity contribution in [2.24, 2.45) is 0 Å². The summed E-state index contributed by atoms with van der Waals surface area (Å²) in [5.41, 5.74) is 9.96.